The summed E-state index contributed by atoms with van der Waals surface area (Å²) < 4.78 is 0. The lowest BCUT2D eigenvalue weighted by molar-refractivity contribution is -0.118. The monoisotopic (exact) mass is 449 g/mol. The van der Waals surface area contributed by atoms with Gasteiger partial charge in [0.15, 0.2) is 0 Å². The number of likely N-dealkylation sites (N-methyl/N-ethyl adjacent to an activating group) is 1. The summed E-state index contributed by atoms with van der Waals surface area (Å²) in [6, 6.07) is 13.9. The minimum atomic E-state index is -0.0909. The molecule has 2 aromatic carbocycles. The largest absolute Gasteiger partial charge is 0.369 e. The van der Waals surface area contributed by atoms with Crippen LogP contribution in [0.2, 0.25) is 10.0 Å². The van der Waals surface area contributed by atoms with Crippen LogP contribution in [0.5, 0.6) is 0 Å². The molecule has 1 atom stereocenters. The molecule has 0 saturated carbocycles. The van der Waals surface area contributed by atoms with E-state index in [0.717, 1.165) is 44.0 Å². The lowest BCUT2D eigenvalue weighted by atomic mass is 10.0. The van der Waals surface area contributed by atoms with Gasteiger partial charge in [-0.1, -0.05) is 41.4 Å². The zero-order valence-corrected chi connectivity index (χ0v) is 18.8. The number of nitrogens with zero attached hydrogens (tertiary/aromatic N) is 3. The fourth-order valence-electron chi connectivity index (χ4n) is 3.94. The second-order valence-corrected chi connectivity index (χ2v) is 9.70. The van der Waals surface area contributed by atoms with Crippen molar-refractivity contribution in [3.05, 3.63) is 58.1 Å². The lowest BCUT2D eigenvalue weighted by Gasteiger charge is -2.36. The van der Waals surface area contributed by atoms with Crippen molar-refractivity contribution in [3.63, 3.8) is 0 Å². The molecular weight excluding hydrogens is 425 g/mol. The first-order chi connectivity index (χ1) is 14.0. The van der Waals surface area contributed by atoms with Gasteiger partial charge in [0, 0.05) is 49.9 Å². The highest BCUT2D eigenvalue weighted by molar-refractivity contribution is 8.00. The maximum atomic E-state index is 13.3. The number of benzene rings is 2. The van der Waals surface area contributed by atoms with Gasteiger partial charge >= 0.3 is 0 Å². The second-order valence-electron chi connectivity index (χ2n) is 7.57. The Morgan fingerprint density at radius 3 is 2.52 bits per heavy atom. The predicted octanol–water partition coefficient (Wildman–Crippen LogP) is 4.44. The van der Waals surface area contributed by atoms with Crippen LogP contribution >= 0.6 is 35.0 Å². The zero-order valence-electron chi connectivity index (χ0n) is 16.5. The molecular formula is C22H25Cl2N3OS. The number of amides is 1. The van der Waals surface area contributed by atoms with Crippen molar-refractivity contribution < 1.29 is 4.79 Å². The van der Waals surface area contributed by atoms with Crippen molar-refractivity contribution in [3.8, 4) is 0 Å². The Bertz CT molecular complexity index is 886. The fraction of sp³-hybridized carbons (Fsp3) is 0.409. The van der Waals surface area contributed by atoms with E-state index in [1.54, 1.807) is 23.9 Å². The van der Waals surface area contributed by atoms with E-state index in [4.69, 9.17) is 23.2 Å². The fourth-order valence-corrected chi connectivity index (χ4v) is 5.37. The molecule has 1 amide bonds. The minimum Gasteiger partial charge on any atom is -0.369 e. The lowest BCUT2D eigenvalue weighted by Crippen LogP contribution is -2.46. The Morgan fingerprint density at radius 1 is 1.00 bits per heavy atom. The molecule has 29 heavy (non-hydrogen) atoms. The number of carbonyl (C=O) groups excluding carboxylic acids is 1. The van der Waals surface area contributed by atoms with Gasteiger partial charge in [-0.25, -0.2) is 0 Å². The SMILES string of the molecule is CN1CCN(c2ccccc2CC2SCCN(c3ccc(Cl)c(Cl)c3)C2=O)CC1. The summed E-state index contributed by atoms with van der Waals surface area (Å²) in [5, 5.41) is 0.894. The standard InChI is InChI=1S/C22H25Cl2N3OS/c1-25-8-10-26(11-9-25)20-5-3-2-4-16(20)14-21-22(28)27(12-13-29-21)17-6-7-18(23)19(24)15-17/h2-7,15,21H,8-14H2,1H3. The van der Waals surface area contributed by atoms with Crippen molar-refractivity contribution in [1.29, 1.82) is 0 Å². The van der Waals surface area contributed by atoms with E-state index in [1.165, 1.54) is 11.3 Å². The summed E-state index contributed by atoms with van der Waals surface area (Å²) in [6.45, 7) is 4.87. The number of carbonyl (C=O) groups is 1. The summed E-state index contributed by atoms with van der Waals surface area (Å²) in [5.41, 5.74) is 3.33. The van der Waals surface area contributed by atoms with E-state index >= 15 is 0 Å². The normalized spacial score (nSPS) is 20.9. The number of hydrogen-bond acceptors (Lipinski definition) is 4. The van der Waals surface area contributed by atoms with Gasteiger partial charge in [-0.3, -0.25) is 4.79 Å². The number of anilines is 2. The molecule has 2 fully saturated rings. The first-order valence-electron chi connectivity index (χ1n) is 9.92. The van der Waals surface area contributed by atoms with Crippen LogP contribution in [0.4, 0.5) is 11.4 Å². The molecule has 7 heteroatoms. The molecule has 2 heterocycles. The molecule has 1 unspecified atom stereocenters. The van der Waals surface area contributed by atoms with E-state index in [0.29, 0.717) is 16.6 Å². The smallest absolute Gasteiger partial charge is 0.240 e. The summed E-state index contributed by atoms with van der Waals surface area (Å²) in [7, 11) is 2.16. The number of thioether (sulfide) groups is 1. The number of para-hydroxylation sites is 1. The van der Waals surface area contributed by atoms with Crippen molar-refractivity contribution in [2.24, 2.45) is 0 Å². The van der Waals surface area contributed by atoms with Crippen LogP contribution in [0.3, 0.4) is 0 Å². The molecule has 2 aliphatic heterocycles. The van der Waals surface area contributed by atoms with Gasteiger partial charge in [0.2, 0.25) is 5.91 Å². The van der Waals surface area contributed by atoms with Crippen LogP contribution < -0.4 is 9.80 Å². The third-order valence-electron chi connectivity index (χ3n) is 5.63. The Labute approximate surface area is 186 Å². The summed E-state index contributed by atoms with van der Waals surface area (Å²) in [4.78, 5) is 19.9. The van der Waals surface area contributed by atoms with E-state index < -0.39 is 0 Å². The summed E-state index contributed by atoms with van der Waals surface area (Å²) in [5.74, 6) is 1.06. The van der Waals surface area contributed by atoms with Gasteiger partial charge in [-0.2, -0.15) is 0 Å². The van der Waals surface area contributed by atoms with Crippen molar-refractivity contribution >= 4 is 52.2 Å². The molecule has 0 radical (unpaired) electrons. The average molecular weight is 450 g/mol. The molecule has 154 valence electrons. The van der Waals surface area contributed by atoms with Crippen LogP contribution in [-0.2, 0) is 11.2 Å². The number of piperazine rings is 1. The third kappa shape index (κ3) is 4.69. The predicted molar refractivity (Wildman–Crippen MR) is 125 cm³/mol. The van der Waals surface area contributed by atoms with E-state index in [2.05, 4.69) is 41.1 Å². The number of halogens is 2. The van der Waals surface area contributed by atoms with E-state index in [9.17, 15) is 4.79 Å². The van der Waals surface area contributed by atoms with Crippen molar-refractivity contribution in [1.82, 2.24) is 4.90 Å². The van der Waals surface area contributed by atoms with Crippen molar-refractivity contribution in [2.75, 3.05) is 55.3 Å². The summed E-state index contributed by atoms with van der Waals surface area (Å²) >= 11 is 14.0. The Kier molecular flexibility index (Phi) is 6.60. The first kappa shape index (κ1) is 20.9. The van der Waals surface area contributed by atoms with Gasteiger partial charge in [-0.05, 0) is 43.3 Å². The van der Waals surface area contributed by atoms with Gasteiger partial charge in [-0.15, -0.1) is 11.8 Å². The highest BCUT2D eigenvalue weighted by atomic mass is 35.5. The topological polar surface area (TPSA) is 26.8 Å². The molecule has 0 bridgehead atoms. The quantitative estimate of drug-likeness (QED) is 0.689. The van der Waals surface area contributed by atoms with Crippen LogP contribution in [0.15, 0.2) is 42.5 Å². The van der Waals surface area contributed by atoms with Gasteiger partial charge in [0.1, 0.15) is 0 Å². The van der Waals surface area contributed by atoms with Gasteiger partial charge < -0.3 is 14.7 Å². The van der Waals surface area contributed by atoms with Crippen LogP contribution in [0.1, 0.15) is 5.56 Å². The Hall–Kier alpha value is -1.40. The van der Waals surface area contributed by atoms with Crippen LogP contribution in [-0.4, -0.2) is 61.6 Å². The molecule has 2 aromatic rings. The average Bonchev–Trinajstić information content (AvgIpc) is 2.73. The molecule has 4 rings (SSSR count). The maximum absolute atomic E-state index is 13.3. The highest BCUT2D eigenvalue weighted by Gasteiger charge is 2.31. The maximum Gasteiger partial charge on any atom is 0.240 e. The van der Waals surface area contributed by atoms with E-state index in [-0.39, 0.29) is 11.2 Å². The number of hydrogen-bond donors (Lipinski definition) is 0. The molecule has 0 N–H and O–H groups in total. The molecule has 0 aliphatic carbocycles. The van der Waals surface area contributed by atoms with Crippen LogP contribution in [0.25, 0.3) is 0 Å². The van der Waals surface area contributed by atoms with Gasteiger partial charge in [0.25, 0.3) is 0 Å². The first-order valence-corrected chi connectivity index (χ1v) is 11.7. The van der Waals surface area contributed by atoms with Gasteiger partial charge in [0.05, 0.1) is 15.3 Å². The molecule has 2 aliphatic rings. The second kappa shape index (κ2) is 9.17. The third-order valence-corrected chi connectivity index (χ3v) is 7.56. The number of rotatable bonds is 4. The molecule has 4 nitrogen and oxygen atoms in total. The molecule has 0 spiro atoms. The van der Waals surface area contributed by atoms with Crippen molar-refractivity contribution in [2.45, 2.75) is 11.7 Å². The van der Waals surface area contributed by atoms with Crippen LogP contribution in [0, 0.1) is 0 Å². The Balaban J connectivity index is 1.52. The minimum absolute atomic E-state index is 0.0909. The Morgan fingerprint density at radius 2 is 1.76 bits per heavy atom. The molecule has 0 aromatic heterocycles. The zero-order chi connectivity index (χ0) is 20.4. The summed E-state index contributed by atoms with van der Waals surface area (Å²) in [6.07, 6.45) is 0.740. The highest BCUT2D eigenvalue weighted by Crippen LogP contribution is 2.33. The van der Waals surface area contributed by atoms with E-state index in [1.807, 2.05) is 11.0 Å². The molecule has 2 saturated heterocycles.